The van der Waals surface area contributed by atoms with E-state index in [1.807, 2.05) is 32.0 Å². The van der Waals surface area contributed by atoms with Crippen molar-refractivity contribution in [1.29, 1.82) is 5.26 Å². The number of anilines is 1. The molecule has 0 spiro atoms. The van der Waals surface area contributed by atoms with Crippen LogP contribution in [0.3, 0.4) is 0 Å². The van der Waals surface area contributed by atoms with Gasteiger partial charge in [0.2, 0.25) is 5.91 Å². The van der Waals surface area contributed by atoms with Gasteiger partial charge >= 0.3 is 0 Å². The lowest BCUT2D eigenvalue weighted by Crippen LogP contribution is -2.36. The fourth-order valence-electron chi connectivity index (χ4n) is 3.82. The van der Waals surface area contributed by atoms with Crippen molar-refractivity contribution >= 4 is 52.2 Å². The number of thioether (sulfide) groups is 1. The van der Waals surface area contributed by atoms with E-state index in [0.717, 1.165) is 27.8 Å². The Balaban J connectivity index is 1.48. The molecule has 3 aromatic rings. The van der Waals surface area contributed by atoms with Crippen molar-refractivity contribution in [2.24, 2.45) is 0 Å². The molecule has 0 saturated carbocycles. The van der Waals surface area contributed by atoms with E-state index < -0.39 is 23.6 Å². The summed E-state index contributed by atoms with van der Waals surface area (Å²) in [5.41, 5.74) is 4.38. The van der Waals surface area contributed by atoms with Gasteiger partial charge in [-0.1, -0.05) is 35.9 Å². The topological polar surface area (TPSA) is 109 Å². The lowest BCUT2D eigenvalue weighted by Gasteiger charge is -2.14. The Morgan fingerprint density at radius 2 is 1.90 bits per heavy atom. The Morgan fingerprint density at radius 1 is 1.13 bits per heavy atom. The first-order valence-corrected chi connectivity index (χ1v) is 13.0. The number of imide groups is 1. The molecule has 0 bridgehead atoms. The maximum Gasteiger partial charge on any atom is 0.294 e. The summed E-state index contributed by atoms with van der Waals surface area (Å²) in [6.45, 7) is 3.59. The third kappa shape index (κ3) is 6.42. The van der Waals surface area contributed by atoms with E-state index in [9.17, 15) is 19.6 Å². The molecule has 198 valence electrons. The molecule has 0 aromatic heterocycles. The highest BCUT2D eigenvalue weighted by molar-refractivity contribution is 8.18. The molecule has 1 aliphatic heterocycles. The molecule has 8 nitrogen and oxygen atoms in total. The molecule has 4 rings (SSSR count). The minimum absolute atomic E-state index is 0.0995. The molecule has 1 fully saturated rings. The van der Waals surface area contributed by atoms with Gasteiger partial charge in [0.15, 0.2) is 11.5 Å². The number of carbonyl (C=O) groups is 3. The zero-order valence-corrected chi connectivity index (χ0v) is 23.0. The summed E-state index contributed by atoms with van der Waals surface area (Å²) >= 11 is 7.22. The van der Waals surface area contributed by atoms with E-state index in [1.165, 1.54) is 13.2 Å². The quantitative estimate of drug-likeness (QED) is 0.331. The molecule has 3 aromatic carbocycles. The van der Waals surface area contributed by atoms with Gasteiger partial charge in [0.25, 0.3) is 11.1 Å². The Hall–Kier alpha value is -4.26. The molecule has 1 N–H and O–H groups in total. The van der Waals surface area contributed by atoms with Gasteiger partial charge in [0, 0.05) is 11.3 Å². The van der Waals surface area contributed by atoms with E-state index in [1.54, 1.807) is 36.4 Å². The van der Waals surface area contributed by atoms with Gasteiger partial charge in [-0.15, -0.1) is 0 Å². The van der Waals surface area contributed by atoms with E-state index in [0.29, 0.717) is 28.1 Å². The smallest absolute Gasteiger partial charge is 0.294 e. The van der Waals surface area contributed by atoms with Gasteiger partial charge in [-0.05, 0) is 78.7 Å². The highest BCUT2D eigenvalue weighted by Crippen LogP contribution is 2.39. The monoisotopic (exact) mass is 561 g/mol. The highest BCUT2D eigenvalue weighted by atomic mass is 35.5. The fraction of sp³-hybridized carbons (Fsp3) is 0.172. The van der Waals surface area contributed by atoms with E-state index in [4.69, 9.17) is 21.1 Å². The number of nitriles is 1. The van der Waals surface area contributed by atoms with Crippen LogP contribution in [0.5, 0.6) is 11.5 Å². The molecule has 0 aliphatic carbocycles. The van der Waals surface area contributed by atoms with Gasteiger partial charge in [0.05, 0.1) is 28.7 Å². The van der Waals surface area contributed by atoms with Gasteiger partial charge in [0.1, 0.15) is 13.2 Å². The van der Waals surface area contributed by atoms with E-state index in [2.05, 4.69) is 11.4 Å². The minimum Gasteiger partial charge on any atom is -0.493 e. The first-order chi connectivity index (χ1) is 18.7. The molecule has 3 amide bonds. The highest BCUT2D eigenvalue weighted by Gasteiger charge is 2.36. The molecule has 0 atom stereocenters. The Kier molecular flexibility index (Phi) is 8.59. The second-order valence-electron chi connectivity index (χ2n) is 8.71. The third-order valence-electron chi connectivity index (χ3n) is 6.03. The number of hydrogen-bond acceptors (Lipinski definition) is 7. The van der Waals surface area contributed by atoms with Gasteiger partial charge in [-0.3, -0.25) is 19.3 Å². The molecule has 39 heavy (non-hydrogen) atoms. The largest absolute Gasteiger partial charge is 0.493 e. The first kappa shape index (κ1) is 27.8. The Labute approximate surface area is 235 Å². The van der Waals surface area contributed by atoms with E-state index in [-0.39, 0.29) is 22.3 Å². The van der Waals surface area contributed by atoms with Gasteiger partial charge in [-0.25, -0.2) is 0 Å². The number of nitrogens with zero attached hydrogens (tertiary/aromatic N) is 2. The summed E-state index contributed by atoms with van der Waals surface area (Å²) in [5, 5.41) is 11.7. The van der Waals surface area contributed by atoms with Gasteiger partial charge < -0.3 is 14.8 Å². The molecule has 0 radical (unpaired) electrons. The standard InChI is InChI=1S/C29H24ClN3O5S/c1-17-8-9-22(10-18(17)2)32-26(34)15-33-28(35)25(39-29(33)36)13-19-11-23(30)27(24(12-19)37-3)38-16-21-7-5-4-6-20(21)14-31/h4-13H,15-16H2,1-3H3,(H,32,34)/b25-13-. The number of ether oxygens (including phenoxy) is 2. The predicted octanol–water partition coefficient (Wildman–Crippen LogP) is 6.09. The number of methoxy groups -OCH3 is 1. The van der Waals surface area contributed by atoms with Crippen LogP contribution in [-0.4, -0.2) is 35.6 Å². The summed E-state index contributed by atoms with van der Waals surface area (Å²) in [4.78, 5) is 39.1. The summed E-state index contributed by atoms with van der Waals surface area (Å²) in [6, 6.07) is 17.9. The van der Waals surface area contributed by atoms with Crippen molar-refractivity contribution in [3.8, 4) is 17.6 Å². The fourth-order valence-corrected chi connectivity index (χ4v) is 4.93. The summed E-state index contributed by atoms with van der Waals surface area (Å²) in [6.07, 6.45) is 1.51. The first-order valence-electron chi connectivity index (χ1n) is 11.8. The number of hydrogen-bond donors (Lipinski definition) is 1. The number of aryl methyl sites for hydroxylation is 2. The van der Waals surface area contributed by atoms with Crippen molar-refractivity contribution < 1.29 is 23.9 Å². The van der Waals surface area contributed by atoms with Crippen molar-refractivity contribution in [2.45, 2.75) is 20.5 Å². The maximum absolute atomic E-state index is 13.0. The second-order valence-corrected chi connectivity index (χ2v) is 10.1. The average Bonchev–Trinajstić information content (AvgIpc) is 3.17. The van der Waals surface area contributed by atoms with Crippen LogP contribution >= 0.6 is 23.4 Å². The van der Waals surface area contributed by atoms with Gasteiger partial charge in [-0.2, -0.15) is 5.26 Å². The second kappa shape index (κ2) is 12.1. The predicted molar refractivity (Wildman–Crippen MR) is 151 cm³/mol. The van der Waals surface area contributed by atoms with Crippen molar-refractivity contribution in [1.82, 2.24) is 4.90 Å². The van der Waals surface area contributed by atoms with Crippen molar-refractivity contribution in [2.75, 3.05) is 19.0 Å². The minimum atomic E-state index is -0.580. The van der Waals surface area contributed by atoms with E-state index >= 15 is 0 Å². The molecule has 0 unspecified atom stereocenters. The molecule has 1 aliphatic rings. The lowest BCUT2D eigenvalue weighted by atomic mass is 10.1. The van der Waals surface area contributed by atoms with Crippen LogP contribution in [0.25, 0.3) is 6.08 Å². The van der Waals surface area contributed by atoms with Crippen molar-refractivity contribution in [3.63, 3.8) is 0 Å². The SMILES string of the molecule is COc1cc(/C=C2\SC(=O)N(CC(=O)Nc3ccc(C)c(C)c3)C2=O)cc(Cl)c1OCc1ccccc1C#N. The average molecular weight is 562 g/mol. The van der Waals surface area contributed by atoms with Crippen LogP contribution in [0.15, 0.2) is 59.5 Å². The Morgan fingerprint density at radius 3 is 2.62 bits per heavy atom. The third-order valence-corrected chi connectivity index (χ3v) is 7.21. The normalized spacial score (nSPS) is 13.9. The number of amides is 3. The molecule has 1 saturated heterocycles. The number of carbonyl (C=O) groups excluding carboxylic acids is 3. The van der Waals surface area contributed by atoms with Crippen LogP contribution in [0.1, 0.15) is 27.8 Å². The molecular formula is C29H24ClN3O5S. The zero-order valence-electron chi connectivity index (χ0n) is 21.4. The van der Waals surface area contributed by atoms with Crippen LogP contribution in [0.2, 0.25) is 5.02 Å². The Bertz CT molecular complexity index is 1550. The molecule has 10 heteroatoms. The van der Waals surface area contributed by atoms with Crippen molar-refractivity contribution in [3.05, 3.63) is 92.3 Å². The number of nitrogens with one attached hydrogen (secondary N) is 1. The van der Waals surface area contributed by atoms with Crippen LogP contribution in [-0.2, 0) is 16.2 Å². The van der Waals surface area contributed by atoms with Crippen LogP contribution in [0, 0.1) is 25.2 Å². The molecule has 1 heterocycles. The number of benzene rings is 3. The maximum atomic E-state index is 13.0. The van der Waals surface area contributed by atoms with Crippen LogP contribution in [0.4, 0.5) is 10.5 Å². The summed E-state index contributed by atoms with van der Waals surface area (Å²) in [7, 11) is 1.45. The summed E-state index contributed by atoms with van der Waals surface area (Å²) < 4.78 is 11.3. The summed E-state index contributed by atoms with van der Waals surface area (Å²) in [5.74, 6) is -0.467. The zero-order chi connectivity index (χ0) is 28.1. The lowest BCUT2D eigenvalue weighted by molar-refractivity contribution is -0.127. The number of halogens is 1. The molecular weight excluding hydrogens is 538 g/mol. The number of rotatable bonds is 8. The van der Waals surface area contributed by atoms with Crippen LogP contribution < -0.4 is 14.8 Å².